The Hall–Kier alpha value is -4.59. The van der Waals surface area contributed by atoms with Crippen LogP contribution in [0.25, 0.3) is 0 Å². The highest BCUT2D eigenvalue weighted by molar-refractivity contribution is 5.98. The Labute approximate surface area is 244 Å². The van der Waals surface area contributed by atoms with Crippen molar-refractivity contribution < 1.29 is 89.1 Å². The molecule has 4 aliphatic rings. The zero-order valence-corrected chi connectivity index (χ0v) is 21.9. The third kappa shape index (κ3) is 4.00. The smallest absolute Gasteiger partial charge is 0.343 e. The third-order valence-corrected chi connectivity index (χ3v) is 8.09. The highest BCUT2D eigenvalue weighted by Crippen LogP contribution is 2.61. The van der Waals surface area contributed by atoms with E-state index in [4.69, 9.17) is 23.7 Å². The van der Waals surface area contributed by atoms with E-state index < -0.39 is 136 Å². The summed E-state index contributed by atoms with van der Waals surface area (Å²) in [6, 6.07) is 2.12. The molecule has 18 heteroatoms. The molecule has 3 heterocycles. The zero-order valence-electron chi connectivity index (χ0n) is 21.9. The molecule has 1 saturated heterocycles. The molecule has 9 atom stereocenters. The van der Waals surface area contributed by atoms with Crippen molar-refractivity contribution in [2.75, 3.05) is 6.61 Å². The molecule has 44 heavy (non-hydrogen) atoms. The first-order valence-corrected chi connectivity index (χ1v) is 12.8. The molecule has 0 radical (unpaired) electrons. The SMILES string of the molecule is O=C(OC1OC(CO)C2OC(=O)C3(O)CC(O)C4(O)Oc5cc(O)c(O)c(c5C34)C(=O)OC1C2O)c1cc(O)c(O)c(O)c1. The van der Waals surface area contributed by atoms with Crippen LogP contribution in [0.2, 0.25) is 0 Å². The van der Waals surface area contributed by atoms with Gasteiger partial charge in [-0.15, -0.1) is 0 Å². The van der Waals surface area contributed by atoms with Gasteiger partial charge in [0.15, 0.2) is 46.6 Å². The Kier molecular flexibility index (Phi) is 6.50. The summed E-state index contributed by atoms with van der Waals surface area (Å²) in [5.41, 5.74) is -5.03. The second-order valence-electron chi connectivity index (χ2n) is 10.7. The number of phenolic OH excluding ortho intramolecular Hbond substituents is 5. The first-order valence-electron chi connectivity index (χ1n) is 12.8. The summed E-state index contributed by atoms with van der Waals surface area (Å²) in [6.45, 7) is -1.03. The van der Waals surface area contributed by atoms with E-state index in [-0.39, 0.29) is 0 Å². The maximum Gasteiger partial charge on any atom is 0.343 e. The number of phenols is 5. The largest absolute Gasteiger partial charge is 0.504 e. The van der Waals surface area contributed by atoms with Gasteiger partial charge in [-0.25, -0.2) is 14.4 Å². The van der Waals surface area contributed by atoms with Crippen molar-refractivity contribution in [3.63, 3.8) is 0 Å². The molecule has 0 spiro atoms. The van der Waals surface area contributed by atoms with E-state index in [1.807, 2.05) is 0 Å². The topological polar surface area (TPSA) is 300 Å². The van der Waals surface area contributed by atoms with Crippen LogP contribution in [0.4, 0.5) is 0 Å². The summed E-state index contributed by atoms with van der Waals surface area (Å²) in [4.78, 5) is 40.0. The number of hydrogen-bond acceptors (Lipinski definition) is 18. The number of ether oxygens (including phenoxy) is 5. The van der Waals surface area contributed by atoms with Crippen LogP contribution in [0, 0.1) is 0 Å². The van der Waals surface area contributed by atoms with Crippen molar-refractivity contribution in [3.05, 3.63) is 34.9 Å². The molecule has 0 amide bonds. The molecule has 1 aliphatic carbocycles. The molecular weight excluding hydrogens is 600 g/mol. The lowest BCUT2D eigenvalue weighted by molar-refractivity contribution is -0.290. The van der Waals surface area contributed by atoms with Gasteiger partial charge in [-0.3, -0.25) is 0 Å². The summed E-state index contributed by atoms with van der Waals surface area (Å²) in [6.07, 6.45) is -13.1. The number of aliphatic hydroxyl groups excluding tert-OH is 3. The first kappa shape index (κ1) is 29.5. The van der Waals surface area contributed by atoms with E-state index in [9.17, 15) is 65.4 Å². The van der Waals surface area contributed by atoms with Crippen molar-refractivity contribution in [1.29, 1.82) is 0 Å². The third-order valence-electron chi connectivity index (χ3n) is 8.09. The Morgan fingerprint density at radius 1 is 0.932 bits per heavy atom. The van der Waals surface area contributed by atoms with Crippen LogP contribution < -0.4 is 4.74 Å². The van der Waals surface area contributed by atoms with Gasteiger partial charge in [0.2, 0.25) is 12.1 Å². The summed E-state index contributed by atoms with van der Waals surface area (Å²) >= 11 is 0. The highest BCUT2D eigenvalue weighted by atomic mass is 16.7. The van der Waals surface area contributed by atoms with E-state index in [0.29, 0.717) is 12.1 Å². The van der Waals surface area contributed by atoms with E-state index >= 15 is 0 Å². The summed E-state index contributed by atoms with van der Waals surface area (Å²) in [5.74, 6) is -14.9. The lowest BCUT2D eigenvalue weighted by Gasteiger charge is -2.42. The number of carbonyl (C=O) groups is 3. The average molecular weight is 624 g/mol. The lowest BCUT2D eigenvalue weighted by Crippen LogP contribution is -2.62. The monoisotopic (exact) mass is 624 g/mol. The standard InChI is InChI=1S/C26H24O18/c27-5-11-18-17(34)19(23(40-11)43-21(35)6-1-7(28)15(32)8(29)2-6)41-22(36)14-13-10(3-9(30)16(14)33)44-26(39)12(31)4-25(38,20(13)26)24(37)42-18/h1-3,11-12,17-20,23,27-34,38-39H,4-5H2. The number of fused-ring (bicyclic) bond motifs is 2. The molecule has 10 N–H and O–H groups in total. The minimum absolute atomic E-state index is 0.549. The molecule has 2 bridgehead atoms. The number of carbonyl (C=O) groups excluding carboxylic acids is 3. The molecule has 2 aromatic carbocycles. The van der Waals surface area contributed by atoms with Gasteiger partial charge in [0.1, 0.15) is 29.6 Å². The van der Waals surface area contributed by atoms with Gasteiger partial charge in [-0.1, -0.05) is 0 Å². The van der Waals surface area contributed by atoms with Crippen LogP contribution in [0.15, 0.2) is 18.2 Å². The van der Waals surface area contributed by atoms with Crippen LogP contribution in [-0.2, 0) is 23.7 Å². The molecule has 236 valence electrons. The molecule has 1 saturated carbocycles. The average Bonchev–Trinajstić information content (AvgIpc) is 3.36. The van der Waals surface area contributed by atoms with Gasteiger partial charge in [0.05, 0.1) is 18.1 Å². The van der Waals surface area contributed by atoms with Crippen molar-refractivity contribution >= 4 is 17.9 Å². The van der Waals surface area contributed by atoms with E-state index in [2.05, 4.69) is 0 Å². The Morgan fingerprint density at radius 2 is 1.57 bits per heavy atom. The highest BCUT2D eigenvalue weighted by Gasteiger charge is 2.73. The maximum absolute atomic E-state index is 13.6. The van der Waals surface area contributed by atoms with Gasteiger partial charge >= 0.3 is 17.9 Å². The van der Waals surface area contributed by atoms with E-state index in [0.717, 1.165) is 6.07 Å². The van der Waals surface area contributed by atoms with E-state index in [1.165, 1.54) is 0 Å². The quantitative estimate of drug-likeness (QED) is 0.0941. The minimum Gasteiger partial charge on any atom is -0.504 e. The number of rotatable bonds is 3. The summed E-state index contributed by atoms with van der Waals surface area (Å²) in [7, 11) is 0. The van der Waals surface area contributed by atoms with E-state index in [1.54, 1.807) is 0 Å². The van der Waals surface area contributed by atoms with Crippen molar-refractivity contribution in [2.24, 2.45) is 0 Å². The van der Waals surface area contributed by atoms with Crippen LogP contribution in [0.3, 0.4) is 0 Å². The fourth-order valence-corrected chi connectivity index (χ4v) is 5.98. The Bertz CT molecular complexity index is 1570. The second kappa shape index (κ2) is 9.71. The van der Waals surface area contributed by atoms with Crippen LogP contribution in [-0.4, -0.2) is 124 Å². The fourth-order valence-electron chi connectivity index (χ4n) is 5.98. The van der Waals surface area contributed by atoms with Gasteiger partial charge < -0.3 is 74.7 Å². The number of aromatic hydroxyl groups is 5. The fraction of sp³-hybridized carbons (Fsp3) is 0.423. The normalized spacial score (nSPS) is 35.5. The minimum atomic E-state index is -2.90. The van der Waals surface area contributed by atoms with Crippen LogP contribution in [0.5, 0.6) is 34.5 Å². The Morgan fingerprint density at radius 3 is 2.20 bits per heavy atom. The predicted molar refractivity (Wildman–Crippen MR) is 131 cm³/mol. The van der Waals surface area contributed by atoms with Crippen molar-refractivity contribution in [3.8, 4) is 34.5 Å². The van der Waals surface area contributed by atoms with Gasteiger partial charge in [0, 0.05) is 18.1 Å². The van der Waals surface area contributed by atoms with Crippen molar-refractivity contribution in [2.45, 2.75) is 60.5 Å². The van der Waals surface area contributed by atoms with Gasteiger partial charge in [-0.2, -0.15) is 0 Å². The number of benzene rings is 2. The van der Waals surface area contributed by atoms with Gasteiger partial charge in [-0.05, 0) is 12.1 Å². The van der Waals surface area contributed by atoms with Crippen LogP contribution >= 0.6 is 0 Å². The van der Waals surface area contributed by atoms with Crippen LogP contribution in [0.1, 0.15) is 38.6 Å². The number of aliphatic hydroxyl groups is 5. The van der Waals surface area contributed by atoms with Crippen molar-refractivity contribution in [1.82, 2.24) is 0 Å². The number of hydrogen-bond donors (Lipinski definition) is 10. The molecular formula is C26H24O18. The molecule has 6 rings (SSSR count). The maximum atomic E-state index is 13.6. The van der Waals surface area contributed by atoms with Gasteiger partial charge in [0.25, 0.3) is 0 Å². The molecule has 0 aromatic heterocycles. The zero-order chi connectivity index (χ0) is 32.0. The summed E-state index contributed by atoms with van der Waals surface area (Å²) in [5, 5.41) is 105. The molecule has 2 fully saturated rings. The summed E-state index contributed by atoms with van der Waals surface area (Å²) < 4.78 is 26.7. The Balaban J connectivity index is 1.46. The second-order valence-corrected chi connectivity index (χ2v) is 10.7. The first-order chi connectivity index (χ1) is 20.6. The molecule has 9 unspecified atom stereocenters. The lowest BCUT2D eigenvalue weighted by atomic mass is 9.81. The number of esters is 3. The molecule has 3 aliphatic heterocycles. The molecule has 18 nitrogen and oxygen atoms in total. The molecule has 2 aromatic rings. The predicted octanol–water partition coefficient (Wildman–Crippen LogP) is -2.74.